The molecule has 0 aliphatic carbocycles. The first-order chi connectivity index (χ1) is 9.74. The molecule has 1 heterocycles. The normalized spacial score (nSPS) is 17.8. The van der Waals surface area contributed by atoms with Gasteiger partial charge in [0.15, 0.2) is 0 Å². The van der Waals surface area contributed by atoms with Gasteiger partial charge in [-0.05, 0) is 31.0 Å². The second-order valence-corrected chi connectivity index (χ2v) is 5.00. The average Bonchev–Trinajstić information content (AvgIpc) is 2.58. The van der Waals surface area contributed by atoms with Gasteiger partial charge in [-0.1, -0.05) is 42.5 Å². The topological polar surface area (TPSA) is 41.5 Å². The van der Waals surface area contributed by atoms with E-state index in [1.807, 2.05) is 61.5 Å². The largest absolute Gasteiger partial charge is 0.324 e. The fourth-order valence-corrected chi connectivity index (χ4v) is 2.44. The summed E-state index contributed by atoms with van der Waals surface area (Å²) in [6.07, 6.45) is 0.677. The van der Waals surface area contributed by atoms with Crippen LogP contribution in [-0.2, 0) is 11.2 Å². The number of hydrogen-bond acceptors (Lipinski definition) is 2. The first-order valence-corrected chi connectivity index (χ1v) is 6.73. The van der Waals surface area contributed by atoms with Crippen molar-refractivity contribution in [3.63, 3.8) is 0 Å². The van der Waals surface area contributed by atoms with Gasteiger partial charge >= 0.3 is 0 Å². The fraction of sp³-hybridized carbons (Fsp3) is 0.176. The Morgan fingerprint density at radius 2 is 1.75 bits per heavy atom. The predicted molar refractivity (Wildman–Crippen MR) is 81.5 cm³/mol. The second kappa shape index (κ2) is 5.29. The highest BCUT2D eigenvalue weighted by atomic mass is 16.1. The van der Waals surface area contributed by atoms with Crippen LogP contribution >= 0.6 is 0 Å². The number of aliphatic imine (C=N–C) groups is 1. The molecule has 1 atom stereocenters. The molecule has 1 N–H and O–H groups in total. The Morgan fingerprint density at radius 3 is 2.55 bits per heavy atom. The molecule has 100 valence electrons. The Kier molecular flexibility index (Phi) is 3.33. The molecule has 20 heavy (non-hydrogen) atoms. The minimum absolute atomic E-state index is 0.0139. The van der Waals surface area contributed by atoms with Gasteiger partial charge in [-0.15, -0.1) is 0 Å². The van der Waals surface area contributed by atoms with Crippen LogP contribution in [0.2, 0.25) is 0 Å². The number of amides is 1. The summed E-state index contributed by atoms with van der Waals surface area (Å²) in [6, 6.07) is 17.7. The summed E-state index contributed by atoms with van der Waals surface area (Å²) in [6.45, 7) is 1.93. The Hall–Kier alpha value is -2.42. The molecular formula is C17H16N2O. The van der Waals surface area contributed by atoms with Gasteiger partial charge in [-0.25, -0.2) is 0 Å². The number of anilines is 1. The lowest BCUT2D eigenvalue weighted by Crippen LogP contribution is -2.28. The van der Waals surface area contributed by atoms with Gasteiger partial charge in [-0.3, -0.25) is 9.79 Å². The van der Waals surface area contributed by atoms with Crippen LogP contribution in [0.25, 0.3) is 0 Å². The highest BCUT2D eigenvalue weighted by Gasteiger charge is 2.25. The summed E-state index contributed by atoms with van der Waals surface area (Å²) in [5, 5.41) is 2.97. The van der Waals surface area contributed by atoms with E-state index < -0.39 is 0 Å². The number of hydrogen-bond donors (Lipinski definition) is 1. The monoisotopic (exact) mass is 264 g/mol. The first kappa shape index (κ1) is 12.6. The highest BCUT2D eigenvalue weighted by molar-refractivity contribution is 6.12. The molecule has 1 aliphatic heterocycles. The number of rotatable bonds is 2. The van der Waals surface area contributed by atoms with Gasteiger partial charge in [0, 0.05) is 5.71 Å². The maximum Gasteiger partial charge on any atom is 0.233 e. The van der Waals surface area contributed by atoms with Gasteiger partial charge < -0.3 is 5.32 Å². The lowest BCUT2D eigenvalue weighted by molar-refractivity contribution is -0.118. The van der Waals surface area contributed by atoms with E-state index in [2.05, 4.69) is 10.3 Å². The molecule has 3 nitrogen and oxygen atoms in total. The third kappa shape index (κ3) is 2.48. The summed E-state index contributed by atoms with van der Waals surface area (Å²) in [5.41, 5.74) is 3.62. The van der Waals surface area contributed by atoms with E-state index in [9.17, 15) is 4.79 Å². The molecule has 0 saturated carbocycles. The van der Waals surface area contributed by atoms with Crippen molar-refractivity contribution in [1.29, 1.82) is 0 Å². The number of para-hydroxylation sites is 2. The van der Waals surface area contributed by atoms with Gasteiger partial charge in [0.2, 0.25) is 5.91 Å². The standard InChI is InChI=1S/C17H16N2O/c1-12-14(11-13-7-3-2-4-8-13)17(20)19-16-10-6-5-9-15(16)18-12/h2-10,14H,11H2,1H3,(H,19,20)/t14-/m1/s1. The van der Waals surface area contributed by atoms with Crippen molar-refractivity contribution in [1.82, 2.24) is 0 Å². The molecular weight excluding hydrogens is 248 g/mol. The number of fused-ring (bicyclic) bond motifs is 1. The Labute approximate surface area is 118 Å². The van der Waals surface area contributed by atoms with Crippen LogP contribution in [0.1, 0.15) is 12.5 Å². The van der Waals surface area contributed by atoms with Crippen molar-refractivity contribution in [2.75, 3.05) is 5.32 Å². The maximum absolute atomic E-state index is 12.4. The van der Waals surface area contributed by atoms with Gasteiger partial charge in [-0.2, -0.15) is 0 Å². The van der Waals surface area contributed by atoms with Crippen LogP contribution in [-0.4, -0.2) is 11.6 Å². The van der Waals surface area contributed by atoms with E-state index >= 15 is 0 Å². The van der Waals surface area contributed by atoms with Crippen molar-refractivity contribution >= 4 is 23.0 Å². The fourth-order valence-electron chi connectivity index (χ4n) is 2.44. The van der Waals surface area contributed by atoms with Crippen LogP contribution < -0.4 is 5.32 Å². The van der Waals surface area contributed by atoms with Gasteiger partial charge in [0.25, 0.3) is 0 Å². The summed E-state index contributed by atoms with van der Waals surface area (Å²) in [5.74, 6) is -0.204. The SMILES string of the molecule is CC1=Nc2ccccc2NC(=O)[C@@H]1Cc1ccccc1. The minimum atomic E-state index is -0.218. The molecule has 3 rings (SSSR count). The third-order valence-electron chi connectivity index (χ3n) is 3.56. The first-order valence-electron chi connectivity index (χ1n) is 6.73. The van der Waals surface area contributed by atoms with Crippen molar-refractivity contribution in [2.24, 2.45) is 10.9 Å². The number of nitrogens with one attached hydrogen (secondary N) is 1. The number of benzene rings is 2. The Morgan fingerprint density at radius 1 is 1.05 bits per heavy atom. The zero-order valence-electron chi connectivity index (χ0n) is 11.3. The molecule has 2 aromatic carbocycles. The zero-order valence-corrected chi connectivity index (χ0v) is 11.3. The van der Waals surface area contributed by atoms with Crippen LogP contribution in [0.15, 0.2) is 59.6 Å². The summed E-state index contributed by atoms with van der Waals surface area (Å²) < 4.78 is 0. The van der Waals surface area contributed by atoms with Crippen molar-refractivity contribution < 1.29 is 4.79 Å². The molecule has 3 heteroatoms. The zero-order chi connectivity index (χ0) is 13.9. The molecule has 0 unspecified atom stereocenters. The van der Waals surface area contributed by atoms with E-state index in [0.29, 0.717) is 6.42 Å². The molecule has 0 spiro atoms. The van der Waals surface area contributed by atoms with Crippen LogP contribution in [0.3, 0.4) is 0 Å². The van der Waals surface area contributed by atoms with E-state index in [1.54, 1.807) is 0 Å². The second-order valence-electron chi connectivity index (χ2n) is 5.00. The summed E-state index contributed by atoms with van der Waals surface area (Å²) in [4.78, 5) is 17.0. The molecule has 0 aromatic heterocycles. The van der Waals surface area contributed by atoms with E-state index in [4.69, 9.17) is 0 Å². The number of nitrogens with zero attached hydrogens (tertiary/aromatic N) is 1. The van der Waals surface area contributed by atoms with E-state index in [0.717, 1.165) is 22.6 Å². The lowest BCUT2D eigenvalue weighted by Gasteiger charge is -2.14. The van der Waals surface area contributed by atoms with Crippen LogP contribution in [0, 0.1) is 5.92 Å². The van der Waals surface area contributed by atoms with Crippen LogP contribution in [0.5, 0.6) is 0 Å². The molecule has 0 saturated heterocycles. The van der Waals surface area contributed by atoms with Gasteiger partial charge in [0.1, 0.15) is 0 Å². The lowest BCUT2D eigenvalue weighted by atomic mass is 9.94. The molecule has 0 radical (unpaired) electrons. The third-order valence-corrected chi connectivity index (χ3v) is 3.56. The quantitative estimate of drug-likeness (QED) is 0.884. The Bertz CT molecular complexity index is 662. The van der Waals surface area contributed by atoms with Crippen molar-refractivity contribution in [3.05, 3.63) is 60.2 Å². The molecule has 0 bridgehead atoms. The number of carbonyl (C=O) groups excluding carboxylic acids is 1. The van der Waals surface area contributed by atoms with Crippen LogP contribution in [0.4, 0.5) is 11.4 Å². The van der Waals surface area contributed by atoms with E-state index in [-0.39, 0.29) is 11.8 Å². The van der Waals surface area contributed by atoms with Crippen molar-refractivity contribution in [3.8, 4) is 0 Å². The minimum Gasteiger partial charge on any atom is -0.324 e. The summed E-state index contributed by atoms with van der Waals surface area (Å²) >= 11 is 0. The van der Waals surface area contributed by atoms with Gasteiger partial charge in [0.05, 0.1) is 17.3 Å². The molecule has 1 aliphatic rings. The highest BCUT2D eigenvalue weighted by Crippen LogP contribution is 2.29. The molecule has 1 amide bonds. The molecule has 0 fully saturated rings. The molecule has 2 aromatic rings. The Balaban J connectivity index is 1.92. The average molecular weight is 264 g/mol. The van der Waals surface area contributed by atoms with Crippen molar-refractivity contribution in [2.45, 2.75) is 13.3 Å². The number of carbonyl (C=O) groups is 1. The maximum atomic E-state index is 12.4. The summed E-state index contributed by atoms with van der Waals surface area (Å²) in [7, 11) is 0. The predicted octanol–water partition coefficient (Wildman–Crippen LogP) is 3.59. The van der Waals surface area contributed by atoms with E-state index in [1.165, 1.54) is 0 Å². The smallest absolute Gasteiger partial charge is 0.233 e.